The molecule has 2 amide bonds. The second-order valence-corrected chi connectivity index (χ2v) is 6.09. The Morgan fingerprint density at radius 3 is 2.15 bits per heavy atom. The van der Waals surface area contributed by atoms with Crippen LogP contribution in [0.5, 0.6) is 0 Å². The van der Waals surface area contributed by atoms with Gasteiger partial charge >= 0.3 is 0 Å². The molecule has 2 aromatic carbocycles. The van der Waals surface area contributed by atoms with Crippen LogP contribution in [0.25, 0.3) is 5.57 Å². The van der Waals surface area contributed by atoms with Crippen LogP contribution in [0, 0.1) is 0 Å². The van der Waals surface area contributed by atoms with E-state index in [-0.39, 0.29) is 11.8 Å². The molecule has 0 fully saturated rings. The van der Waals surface area contributed by atoms with Crippen molar-refractivity contribution in [3.05, 3.63) is 71.9 Å². The topological polar surface area (TPSA) is 49.9 Å². The number of benzene rings is 2. The largest absolute Gasteiger partial charge is 0.385 e. The first kappa shape index (κ1) is 17.9. The molecule has 0 atom stereocenters. The van der Waals surface area contributed by atoms with Gasteiger partial charge in [-0.15, -0.1) is 0 Å². The quantitative estimate of drug-likeness (QED) is 0.569. The Morgan fingerprint density at radius 1 is 0.923 bits per heavy atom. The van der Waals surface area contributed by atoms with Crippen LogP contribution in [0.3, 0.4) is 0 Å². The molecule has 0 N–H and O–H groups in total. The number of ether oxygens (including phenoxy) is 1. The maximum atomic E-state index is 13.1. The predicted molar refractivity (Wildman–Crippen MR) is 101 cm³/mol. The monoisotopic (exact) mass is 350 g/mol. The minimum absolute atomic E-state index is 0.255. The highest BCUT2D eigenvalue weighted by atomic mass is 16.5. The number of nitrogens with zero attached hydrogens (tertiary/aromatic N) is 2. The van der Waals surface area contributed by atoms with E-state index in [1.165, 1.54) is 4.90 Å². The van der Waals surface area contributed by atoms with Crippen LogP contribution in [0.15, 0.2) is 66.4 Å². The number of carbonyl (C=O) groups excluding carboxylic acids is 2. The third kappa shape index (κ3) is 3.39. The fraction of sp³-hybridized carbons (Fsp3) is 0.238. The summed E-state index contributed by atoms with van der Waals surface area (Å²) in [5.74, 6) is -0.522. The summed E-state index contributed by atoms with van der Waals surface area (Å²) in [5, 5.41) is 0. The smallest absolute Gasteiger partial charge is 0.278 e. The molecular weight excluding hydrogens is 328 g/mol. The van der Waals surface area contributed by atoms with Gasteiger partial charge in [-0.3, -0.25) is 14.5 Å². The second kappa shape index (κ2) is 7.97. The standard InChI is InChI=1S/C21H22N2O3/c1-22(17-12-7-4-8-13-17)19-18(16-10-5-3-6-11-16)20(24)23(21(19)25)14-9-15-26-2/h3-8,10-13H,9,14-15H2,1-2H3. The molecule has 0 radical (unpaired) electrons. The lowest BCUT2D eigenvalue weighted by atomic mass is 10.0. The lowest BCUT2D eigenvalue weighted by Crippen LogP contribution is -2.35. The van der Waals surface area contributed by atoms with Gasteiger partial charge in [-0.2, -0.15) is 0 Å². The van der Waals surface area contributed by atoms with Crippen LogP contribution in [-0.2, 0) is 14.3 Å². The molecule has 0 saturated heterocycles. The lowest BCUT2D eigenvalue weighted by molar-refractivity contribution is -0.137. The molecule has 1 heterocycles. The summed E-state index contributed by atoms with van der Waals surface area (Å²) >= 11 is 0. The fourth-order valence-corrected chi connectivity index (χ4v) is 3.09. The summed E-state index contributed by atoms with van der Waals surface area (Å²) in [7, 11) is 3.42. The van der Waals surface area contributed by atoms with Gasteiger partial charge in [0.05, 0.1) is 5.57 Å². The Bertz CT molecular complexity index is 816. The molecule has 2 aromatic rings. The van der Waals surface area contributed by atoms with Crippen molar-refractivity contribution in [2.24, 2.45) is 0 Å². The van der Waals surface area contributed by atoms with Gasteiger partial charge in [-0.25, -0.2) is 0 Å². The number of hydrogen-bond donors (Lipinski definition) is 0. The van der Waals surface area contributed by atoms with Crippen molar-refractivity contribution >= 4 is 23.1 Å². The third-order valence-electron chi connectivity index (χ3n) is 4.42. The number of hydrogen-bond acceptors (Lipinski definition) is 4. The van der Waals surface area contributed by atoms with E-state index in [4.69, 9.17) is 4.74 Å². The van der Waals surface area contributed by atoms with Gasteiger partial charge in [0.25, 0.3) is 11.8 Å². The van der Waals surface area contributed by atoms with Gasteiger partial charge in [0.1, 0.15) is 5.70 Å². The van der Waals surface area contributed by atoms with Crippen LogP contribution < -0.4 is 4.90 Å². The molecule has 5 nitrogen and oxygen atoms in total. The number of imide groups is 1. The third-order valence-corrected chi connectivity index (χ3v) is 4.42. The van der Waals surface area contributed by atoms with E-state index >= 15 is 0 Å². The van der Waals surface area contributed by atoms with E-state index in [0.717, 1.165) is 11.3 Å². The lowest BCUT2D eigenvalue weighted by Gasteiger charge is -2.21. The second-order valence-electron chi connectivity index (χ2n) is 6.09. The summed E-state index contributed by atoms with van der Waals surface area (Å²) < 4.78 is 5.05. The molecular formula is C21H22N2O3. The molecule has 0 spiro atoms. The van der Waals surface area contributed by atoms with Crippen molar-refractivity contribution in [1.29, 1.82) is 0 Å². The number of amides is 2. The summed E-state index contributed by atoms with van der Waals surface area (Å²) in [4.78, 5) is 29.2. The molecule has 1 aliphatic heterocycles. The predicted octanol–water partition coefficient (Wildman–Crippen LogP) is 2.94. The van der Waals surface area contributed by atoms with Crippen LogP contribution >= 0.6 is 0 Å². The van der Waals surface area contributed by atoms with Gasteiger partial charge < -0.3 is 9.64 Å². The Kier molecular flexibility index (Phi) is 5.49. The van der Waals surface area contributed by atoms with Crippen molar-refractivity contribution in [2.75, 3.05) is 32.2 Å². The molecule has 0 aromatic heterocycles. The average molecular weight is 350 g/mol. The molecule has 26 heavy (non-hydrogen) atoms. The number of carbonyl (C=O) groups is 2. The van der Waals surface area contributed by atoms with Crippen LogP contribution in [-0.4, -0.2) is 44.0 Å². The van der Waals surface area contributed by atoms with Gasteiger partial charge in [-0.05, 0) is 24.1 Å². The zero-order valence-electron chi connectivity index (χ0n) is 15.0. The minimum atomic E-state index is -0.267. The van der Waals surface area contributed by atoms with Gasteiger partial charge in [0, 0.05) is 33.0 Å². The summed E-state index contributed by atoms with van der Waals surface area (Å²) in [6.45, 7) is 0.843. The molecule has 134 valence electrons. The average Bonchev–Trinajstić information content (AvgIpc) is 2.93. The van der Waals surface area contributed by atoms with Crippen molar-refractivity contribution < 1.29 is 14.3 Å². The maximum absolute atomic E-state index is 13.1. The Labute approximate surface area is 153 Å². The van der Waals surface area contributed by atoms with E-state index in [2.05, 4.69) is 0 Å². The van der Waals surface area contributed by atoms with E-state index in [9.17, 15) is 9.59 Å². The first-order valence-corrected chi connectivity index (χ1v) is 8.58. The van der Waals surface area contributed by atoms with Crippen molar-refractivity contribution in [1.82, 2.24) is 4.90 Å². The molecule has 5 heteroatoms. The van der Waals surface area contributed by atoms with E-state index in [1.54, 1.807) is 12.0 Å². The van der Waals surface area contributed by atoms with E-state index in [0.29, 0.717) is 30.8 Å². The first-order valence-electron chi connectivity index (χ1n) is 8.58. The van der Waals surface area contributed by atoms with E-state index in [1.807, 2.05) is 67.7 Å². The van der Waals surface area contributed by atoms with Crippen molar-refractivity contribution in [3.63, 3.8) is 0 Å². The highest BCUT2D eigenvalue weighted by molar-refractivity contribution is 6.36. The number of methoxy groups -OCH3 is 1. The van der Waals surface area contributed by atoms with Crippen molar-refractivity contribution in [2.45, 2.75) is 6.42 Å². The van der Waals surface area contributed by atoms with Gasteiger partial charge in [-0.1, -0.05) is 48.5 Å². The van der Waals surface area contributed by atoms with Crippen molar-refractivity contribution in [3.8, 4) is 0 Å². The van der Waals surface area contributed by atoms with Crippen LogP contribution in [0.2, 0.25) is 0 Å². The minimum Gasteiger partial charge on any atom is -0.385 e. The fourth-order valence-electron chi connectivity index (χ4n) is 3.09. The highest BCUT2D eigenvalue weighted by Gasteiger charge is 2.40. The molecule has 0 aliphatic carbocycles. The normalized spacial score (nSPS) is 14.3. The molecule has 0 saturated carbocycles. The summed E-state index contributed by atoms with van der Waals surface area (Å²) in [6.07, 6.45) is 0.610. The summed E-state index contributed by atoms with van der Waals surface area (Å²) in [5.41, 5.74) is 2.46. The van der Waals surface area contributed by atoms with Crippen LogP contribution in [0.4, 0.5) is 5.69 Å². The van der Waals surface area contributed by atoms with Gasteiger partial charge in [0.15, 0.2) is 0 Å². The number of rotatable bonds is 7. The summed E-state index contributed by atoms with van der Waals surface area (Å²) in [6, 6.07) is 18.9. The van der Waals surface area contributed by atoms with Gasteiger partial charge in [0.2, 0.25) is 0 Å². The Balaban J connectivity index is 2.03. The number of likely N-dealkylation sites (N-methyl/N-ethyl adjacent to an activating group) is 1. The SMILES string of the molecule is COCCCN1C(=O)C(c2ccccc2)=C(N(C)c2ccccc2)C1=O. The number of para-hydroxylation sites is 1. The maximum Gasteiger partial charge on any atom is 0.278 e. The number of anilines is 1. The highest BCUT2D eigenvalue weighted by Crippen LogP contribution is 2.33. The molecule has 3 rings (SSSR count). The Hall–Kier alpha value is -2.92. The molecule has 0 bridgehead atoms. The van der Waals surface area contributed by atoms with Crippen LogP contribution in [0.1, 0.15) is 12.0 Å². The molecule has 0 unspecified atom stereocenters. The Morgan fingerprint density at radius 2 is 1.54 bits per heavy atom. The zero-order valence-corrected chi connectivity index (χ0v) is 15.0. The first-order chi connectivity index (χ1) is 12.6. The molecule has 1 aliphatic rings. The van der Waals surface area contributed by atoms with E-state index < -0.39 is 0 Å². The zero-order chi connectivity index (χ0) is 18.5.